The molecule has 0 aliphatic rings. The number of benzene rings is 3. The van der Waals surface area contributed by atoms with Crippen LogP contribution in [0, 0.1) is 0 Å². The number of ether oxygens (including phenoxy) is 1. The van der Waals surface area contributed by atoms with E-state index in [0.29, 0.717) is 30.0 Å². The van der Waals surface area contributed by atoms with Gasteiger partial charge in [-0.2, -0.15) is 0 Å². The lowest BCUT2D eigenvalue weighted by Gasteiger charge is -2.24. The molecule has 0 fully saturated rings. The summed E-state index contributed by atoms with van der Waals surface area (Å²) in [6, 6.07) is 24.9. The fourth-order valence-corrected chi connectivity index (χ4v) is 5.56. The Balaban J connectivity index is 0.000000221. The van der Waals surface area contributed by atoms with Crippen molar-refractivity contribution in [1.29, 1.82) is 0 Å². The number of para-hydroxylation sites is 1. The topological polar surface area (TPSA) is 69.9 Å². The number of hydrogen-bond donors (Lipinski definition) is 3. The number of aliphatic hydroxyl groups is 3. The monoisotopic (exact) mass is 606 g/mol. The van der Waals surface area contributed by atoms with Crippen molar-refractivity contribution in [1.82, 2.24) is 0 Å². The van der Waals surface area contributed by atoms with E-state index < -0.39 is 16.8 Å². The Morgan fingerprint density at radius 2 is 1.26 bits per heavy atom. The van der Waals surface area contributed by atoms with Crippen molar-refractivity contribution in [2.45, 2.75) is 56.8 Å². The molecule has 0 aliphatic carbocycles. The minimum atomic E-state index is -0.908. The second-order valence-corrected chi connectivity index (χ2v) is 12.2. The minimum Gasteiger partial charge on any atom is -0.496 e. The van der Waals surface area contributed by atoms with Crippen molar-refractivity contribution < 1.29 is 20.1 Å². The van der Waals surface area contributed by atoms with Crippen LogP contribution < -0.4 is 4.74 Å². The molecule has 0 spiro atoms. The maximum atomic E-state index is 10.2. The lowest BCUT2D eigenvalue weighted by atomic mass is 9.92. The Hall–Kier alpha value is -3.19. The van der Waals surface area contributed by atoms with Gasteiger partial charge in [-0.15, -0.1) is 31.1 Å². The molecule has 224 valence electrons. The van der Waals surface area contributed by atoms with E-state index in [0.717, 1.165) is 16.0 Å². The predicted molar refractivity (Wildman–Crippen MR) is 179 cm³/mol. The van der Waals surface area contributed by atoms with Crippen molar-refractivity contribution in [3.63, 3.8) is 0 Å². The molecule has 0 amide bonds. The predicted octanol–water partition coefficient (Wildman–Crippen LogP) is 9.29. The van der Waals surface area contributed by atoms with Crippen LogP contribution in [-0.2, 0) is 16.8 Å². The van der Waals surface area contributed by atoms with Crippen LogP contribution in [0.1, 0.15) is 56.0 Å². The molecule has 0 bridgehead atoms. The summed E-state index contributed by atoms with van der Waals surface area (Å²) < 4.78 is 6.40. The number of methoxy groups -OCH3 is 1. The molecule has 1 heterocycles. The Morgan fingerprint density at radius 1 is 0.738 bits per heavy atom. The number of halogens is 1. The van der Waals surface area contributed by atoms with Gasteiger partial charge in [0.2, 0.25) is 0 Å². The van der Waals surface area contributed by atoms with Crippen LogP contribution in [0.25, 0.3) is 10.1 Å². The summed E-state index contributed by atoms with van der Waals surface area (Å²) in [7, 11) is 1.60. The summed E-state index contributed by atoms with van der Waals surface area (Å²) in [5.41, 5.74) is -0.884. The normalized spacial score (nSPS) is 14.9. The molecule has 4 aromatic rings. The van der Waals surface area contributed by atoms with Gasteiger partial charge in [0, 0.05) is 20.2 Å². The lowest BCUT2D eigenvalue weighted by molar-refractivity contribution is 0.0578. The van der Waals surface area contributed by atoms with E-state index in [-0.39, 0.29) is 0 Å². The van der Waals surface area contributed by atoms with Crippen molar-refractivity contribution in [3.05, 3.63) is 138 Å². The van der Waals surface area contributed by atoms with E-state index in [2.05, 4.69) is 37.9 Å². The maximum absolute atomic E-state index is 10.2. The van der Waals surface area contributed by atoms with Crippen LogP contribution in [0.4, 0.5) is 0 Å². The fourth-order valence-electron chi connectivity index (χ4n) is 4.32. The zero-order chi connectivity index (χ0) is 31.4. The smallest absolute Gasteiger partial charge is 0.124 e. The molecular weight excluding hydrogens is 564 g/mol. The summed E-state index contributed by atoms with van der Waals surface area (Å²) in [4.78, 5) is 1.00. The zero-order valence-corrected chi connectivity index (χ0v) is 26.6. The highest BCUT2D eigenvalue weighted by molar-refractivity contribution is 7.19. The van der Waals surface area contributed by atoms with Gasteiger partial charge in [-0.1, -0.05) is 78.4 Å². The van der Waals surface area contributed by atoms with Crippen molar-refractivity contribution in [2.24, 2.45) is 0 Å². The van der Waals surface area contributed by atoms with Gasteiger partial charge in [-0.3, -0.25) is 0 Å². The second-order valence-electron chi connectivity index (χ2n) is 10.7. The van der Waals surface area contributed by atoms with Gasteiger partial charge in [0.15, 0.2) is 0 Å². The van der Waals surface area contributed by atoms with Crippen LogP contribution in [0.2, 0.25) is 5.02 Å². The first-order valence-corrected chi connectivity index (χ1v) is 14.9. The Morgan fingerprint density at radius 3 is 1.83 bits per heavy atom. The molecular formula is C36H43ClO4S. The lowest BCUT2D eigenvalue weighted by Crippen LogP contribution is -2.20. The third-order valence-electron chi connectivity index (χ3n) is 6.74. The van der Waals surface area contributed by atoms with E-state index in [1.165, 1.54) is 10.1 Å². The highest BCUT2D eigenvalue weighted by Crippen LogP contribution is 2.35. The zero-order valence-electron chi connectivity index (χ0n) is 25.0. The van der Waals surface area contributed by atoms with Gasteiger partial charge in [-0.05, 0) is 81.3 Å². The van der Waals surface area contributed by atoms with E-state index in [1.807, 2.05) is 55.5 Å². The summed E-state index contributed by atoms with van der Waals surface area (Å²) in [6.07, 6.45) is 6.78. The third-order valence-corrected chi connectivity index (χ3v) is 8.36. The van der Waals surface area contributed by atoms with E-state index >= 15 is 0 Å². The fraction of sp³-hybridized carbons (Fsp3) is 0.278. The van der Waals surface area contributed by atoms with Gasteiger partial charge < -0.3 is 20.1 Å². The maximum Gasteiger partial charge on any atom is 0.124 e. The van der Waals surface area contributed by atoms with Gasteiger partial charge in [0.05, 0.1) is 23.9 Å². The van der Waals surface area contributed by atoms with Gasteiger partial charge in [0.1, 0.15) is 5.75 Å². The molecule has 4 nitrogen and oxygen atoms in total. The molecule has 1 aromatic heterocycles. The first-order chi connectivity index (χ1) is 19.8. The van der Waals surface area contributed by atoms with Crippen LogP contribution in [0.15, 0.2) is 117 Å². The Labute approximate surface area is 259 Å². The molecule has 0 saturated heterocycles. The molecule has 0 aliphatic heterocycles. The van der Waals surface area contributed by atoms with Crippen molar-refractivity contribution in [2.75, 3.05) is 7.11 Å². The average Bonchev–Trinajstić information content (AvgIpc) is 3.40. The number of fused-ring (bicyclic) bond motifs is 1. The Kier molecular flexibility index (Phi) is 13.2. The highest BCUT2D eigenvalue weighted by Gasteiger charge is 2.25. The van der Waals surface area contributed by atoms with Crippen LogP contribution in [-0.4, -0.2) is 22.4 Å². The largest absolute Gasteiger partial charge is 0.496 e. The van der Waals surface area contributed by atoms with Crippen LogP contribution in [0.3, 0.4) is 0 Å². The number of thiophene rings is 1. The molecule has 3 atom stereocenters. The molecule has 3 N–H and O–H groups in total. The van der Waals surface area contributed by atoms with Gasteiger partial charge >= 0.3 is 0 Å². The van der Waals surface area contributed by atoms with Crippen molar-refractivity contribution >= 4 is 33.0 Å². The van der Waals surface area contributed by atoms with Crippen LogP contribution in [0.5, 0.6) is 5.75 Å². The van der Waals surface area contributed by atoms with E-state index in [9.17, 15) is 15.3 Å². The van der Waals surface area contributed by atoms with E-state index in [4.69, 9.17) is 16.3 Å². The van der Waals surface area contributed by atoms with Gasteiger partial charge in [-0.25, -0.2) is 0 Å². The molecule has 4 rings (SSSR count). The SMILES string of the molecule is C=CC[C@](C)(O)c1cc2ccccc2s1.C=CC[C@](C)(O)c1ccc(Cl)cc1.C=CC[C@](C)(O)c1ccccc1OC. The molecule has 6 heteroatoms. The number of hydrogen-bond acceptors (Lipinski definition) is 5. The molecule has 3 aromatic carbocycles. The minimum absolute atomic E-state index is 0.507. The summed E-state index contributed by atoms with van der Waals surface area (Å²) in [5, 5.41) is 32.2. The first kappa shape index (κ1) is 35.0. The summed E-state index contributed by atoms with van der Waals surface area (Å²) in [5.74, 6) is 0.708. The second kappa shape index (κ2) is 15.9. The molecule has 0 saturated carbocycles. The molecule has 0 unspecified atom stereocenters. The van der Waals surface area contributed by atoms with Crippen LogP contribution >= 0.6 is 22.9 Å². The van der Waals surface area contributed by atoms with Crippen molar-refractivity contribution in [3.8, 4) is 5.75 Å². The average molecular weight is 607 g/mol. The summed E-state index contributed by atoms with van der Waals surface area (Å²) in [6.45, 7) is 16.2. The first-order valence-electron chi connectivity index (χ1n) is 13.7. The Bertz CT molecular complexity index is 1400. The third kappa shape index (κ3) is 9.97. The molecule has 42 heavy (non-hydrogen) atoms. The number of rotatable bonds is 10. The highest BCUT2D eigenvalue weighted by atomic mass is 35.5. The standard InChI is InChI=1S/C13H14OS.C12H16O2.C11H13ClO/c1-3-8-13(2,14)12-9-10-6-4-5-7-11(10)15-12;1-4-9-12(2,13)10-7-5-6-8-11(10)14-3;1-3-8-11(2,13)9-4-6-10(12)7-5-9/h3-7,9,14H,1,8H2,2H3;4-8,13H,1,9H2,2-3H3;3-7,13H,1,8H2,2H3/t13-;12-;11-/m000/s1. The quantitative estimate of drug-likeness (QED) is 0.157. The van der Waals surface area contributed by atoms with E-state index in [1.54, 1.807) is 62.7 Å². The summed E-state index contributed by atoms with van der Waals surface area (Å²) >= 11 is 7.38. The van der Waals surface area contributed by atoms with Gasteiger partial charge in [0.25, 0.3) is 0 Å². The molecule has 0 radical (unpaired) electrons.